The van der Waals surface area contributed by atoms with Gasteiger partial charge in [0.25, 0.3) is 0 Å². The third-order valence-electron chi connectivity index (χ3n) is 5.71. The van der Waals surface area contributed by atoms with Crippen LogP contribution in [0.15, 0.2) is 18.2 Å². The predicted octanol–water partition coefficient (Wildman–Crippen LogP) is 2.13. The second-order valence-electron chi connectivity index (χ2n) is 7.45. The third-order valence-corrected chi connectivity index (χ3v) is 5.71. The number of methoxy groups -OCH3 is 1. The van der Waals surface area contributed by atoms with Crippen molar-refractivity contribution in [3.8, 4) is 0 Å². The van der Waals surface area contributed by atoms with Crippen LogP contribution in [0, 0.1) is 19.8 Å². The number of piperazine rings is 1. The number of ether oxygens (including phenoxy) is 1. The van der Waals surface area contributed by atoms with Gasteiger partial charge in [-0.05, 0) is 50.3 Å². The zero-order valence-corrected chi connectivity index (χ0v) is 15.6. The van der Waals surface area contributed by atoms with E-state index in [1.807, 2.05) is 4.90 Å². The molecular weight excluding hydrogens is 316 g/mol. The summed E-state index contributed by atoms with van der Waals surface area (Å²) in [5, 5.41) is 9.93. The Morgan fingerprint density at radius 3 is 2.56 bits per heavy atom. The molecule has 3 rings (SSSR count). The molecule has 1 amide bonds. The minimum absolute atomic E-state index is 0.0133. The summed E-state index contributed by atoms with van der Waals surface area (Å²) in [7, 11) is 1.61. The maximum atomic E-state index is 12.9. The molecule has 0 spiro atoms. The number of hydrogen-bond acceptors (Lipinski definition) is 4. The summed E-state index contributed by atoms with van der Waals surface area (Å²) in [6.07, 6.45) is 1.40. The first-order valence-corrected chi connectivity index (χ1v) is 9.31. The van der Waals surface area contributed by atoms with Gasteiger partial charge in [0, 0.05) is 44.9 Å². The van der Waals surface area contributed by atoms with Gasteiger partial charge >= 0.3 is 0 Å². The van der Waals surface area contributed by atoms with Crippen molar-refractivity contribution in [2.45, 2.75) is 45.3 Å². The van der Waals surface area contributed by atoms with E-state index in [0.29, 0.717) is 12.8 Å². The van der Waals surface area contributed by atoms with Crippen LogP contribution in [0.1, 0.15) is 30.4 Å². The monoisotopic (exact) mass is 346 g/mol. The number of nitrogens with zero attached hydrogens (tertiary/aromatic N) is 2. The highest BCUT2D eigenvalue weighted by atomic mass is 16.5. The van der Waals surface area contributed by atoms with E-state index >= 15 is 0 Å². The molecule has 1 aromatic rings. The van der Waals surface area contributed by atoms with Gasteiger partial charge in [0.2, 0.25) is 5.91 Å². The Hall–Kier alpha value is -1.59. The quantitative estimate of drug-likeness (QED) is 0.911. The van der Waals surface area contributed by atoms with Crippen LogP contribution in [0.25, 0.3) is 0 Å². The smallest absolute Gasteiger partial charge is 0.225 e. The van der Waals surface area contributed by atoms with Gasteiger partial charge in [-0.2, -0.15) is 0 Å². The molecule has 1 aliphatic heterocycles. The zero-order valence-electron chi connectivity index (χ0n) is 15.6. The minimum atomic E-state index is -0.435. The number of hydrogen-bond donors (Lipinski definition) is 1. The fourth-order valence-electron chi connectivity index (χ4n) is 4.08. The van der Waals surface area contributed by atoms with Crippen molar-refractivity contribution in [3.63, 3.8) is 0 Å². The molecule has 0 bridgehead atoms. The lowest BCUT2D eigenvalue weighted by Gasteiger charge is -2.40. The maximum Gasteiger partial charge on any atom is 0.225 e. The van der Waals surface area contributed by atoms with E-state index in [1.54, 1.807) is 7.11 Å². The number of aliphatic hydroxyl groups excluding tert-OH is 1. The van der Waals surface area contributed by atoms with Crippen LogP contribution in [-0.4, -0.2) is 61.4 Å². The standard InChI is InChI=1S/C20H30N2O3/c1-14-4-5-15(2)17(12-14)21-8-10-22(11-9-21)20(24)16-6-7-18(23)19(13-16)25-3/h4-5,12,16,18-19,23H,6-11,13H2,1-3H3/t16-,18+,19-/m1/s1. The molecule has 0 radical (unpaired) electrons. The Balaban J connectivity index is 1.58. The van der Waals surface area contributed by atoms with Crippen LogP contribution in [0.3, 0.4) is 0 Å². The molecule has 1 N–H and O–H groups in total. The molecule has 138 valence electrons. The molecule has 5 heteroatoms. The van der Waals surface area contributed by atoms with Crippen molar-refractivity contribution in [1.29, 1.82) is 0 Å². The molecule has 1 aliphatic carbocycles. The van der Waals surface area contributed by atoms with Crippen LogP contribution in [-0.2, 0) is 9.53 Å². The summed E-state index contributed by atoms with van der Waals surface area (Å²) < 4.78 is 5.34. The van der Waals surface area contributed by atoms with E-state index in [-0.39, 0.29) is 17.9 Å². The summed E-state index contributed by atoms with van der Waals surface area (Å²) >= 11 is 0. The number of aryl methyl sites for hydroxylation is 2. The summed E-state index contributed by atoms with van der Waals surface area (Å²) in [6.45, 7) is 7.54. The predicted molar refractivity (Wildman–Crippen MR) is 98.9 cm³/mol. The lowest BCUT2D eigenvalue weighted by molar-refractivity contribution is -0.141. The molecule has 1 heterocycles. The fourth-order valence-corrected chi connectivity index (χ4v) is 4.08. The normalized spacial score (nSPS) is 27.4. The molecule has 2 fully saturated rings. The van der Waals surface area contributed by atoms with Crippen LogP contribution >= 0.6 is 0 Å². The third kappa shape index (κ3) is 3.98. The second kappa shape index (κ2) is 7.75. The summed E-state index contributed by atoms with van der Waals surface area (Å²) in [5.74, 6) is 0.218. The molecule has 5 nitrogen and oxygen atoms in total. The lowest BCUT2D eigenvalue weighted by atomic mass is 9.84. The first kappa shape index (κ1) is 18.2. The summed E-state index contributed by atoms with van der Waals surface area (Å²) in [5.41, 5.74) is 3.84. The van der Waals surface area contributed by atoms with Gasteiger partial charge in [0.1, 0.15) is 0 Å². The molecular formula is C20H30N2O3. The number of carbonyl (C=O) groups is 1. The van der Waals surface area contributed by atoms with Crippen molar-refractivity contribution >= 4 is 11.6 Å². The molecule has 1 saturated carbocycles. The Labute approximate surface area is 150 Å². The highest BCUT2D eigenvalue weighted by molar-refractivity contribution is 5.79. The van der Waals surface area contributed by atoms with Gasteiger partial charge in [-0.25, -0.2) is 0 Å². The van der Waals surface area contributed by atoms with E-state index in [2.05, 4.69) is 36.9 Å². The van der Waals surface area contributed by atoms with Gasteiger partial charge in [-0.3, -0.25) is 4.79 Å². The molecule has 1 saturated heterocycles. The van der Waals surface area contributed by atoms with Crippen molar-refractivity contribution in [2.75, 3.05) is 38.2 Å². The van der Waals surface area contributed by atoms with Crippen LogP contribution in [0.5, 0.6) is 0 Å². The second-order valence-corrected chi connectivity index (χ2v) is 7.45. The largest absolute Gasteiger partial charge is 0.390 e. The highest BCUT2D eigenvalue weighted by Gasteiger charge is 2.35. The molecule has 0 aromatic heterocycles. The van der Waals surface area contributed by atoms with Crippen molar-refractivity contribution < 1.29 is 14.6 Å². The van der Waals surface area contributed by atoms with Gasteiger partial charge in [0.15, 0.2) is 0 Å². The number of anilines is 1. The number of carbonyl (C=O) groups excluding carboxylic acids is 1. The average Bonchev–Trinajstić information content (AvgIpc) is 2.64. The first-order valence-electron chi connectivity index (χ1n) is 9.31. The average molecular weight is 346 g/mol. The molecule has 1 aromatic carbocycles. The van der Waals surface area contributed by atoms with E-state index in [4.69, 9.17) is 4.74 Å². The Morgan fingerprint density at radius 2 is 1.88 bits per heavy atom. The van der Waals surface area contributed by atoms with E-state index in [9.17, 15) is 9.90 Å². The zero-order chi connectivity index (χ0) is 18.0. The molecule has 3 atom stereocenters. The summed E-state index contributed by atoms with van der Waals surface area (Å²) in [4.78, 5) is 17.2. The van der Waals surface area contributed by atoms with Gasteiger partial charge in [0.05, 0.1) is 12.2 Å². The Bertz CT molecular complexity index is 611. The number of aliphatic hydroxyl groups is 1. The Kier molecular flexibility index (Phi) is 5.64. The van der Waals surface area contributed by atoms with Crippen molar-refractivity contribution in [3.05, 3.63) is 29.3 Å². The summed E-state index contributed by atoms with van der Waals surface area (Å²) in [6, 6.07) is 6.54. The fraction of sp³-hybridized carbons (Fsp3) is 0.650. The van der Waals surface area contributed by atoms with E-state index < -0.39 is 6.10 Å². The first-order chi connectivity index (χ1) is 12.0. The number of amides is 1. The molecule has 25 heavy (non-hydrogen) atoms. The van der Waals surface area contributed by atoms with Crippen LogP contribution in [0.4, 0.5) is 5.69 Å². The van der Waals surface area contributed by atoms with Crippen LogP contribution in [0.2, 0.25) is 0 Å². The van der Waals surface area contributed by atoms with Crippen LogP contribution < -0.4 is 4.90 Å². The molecule has 0 unspecified atom stereocenters. The number of rotatable bonds is 3. The van der Waals surface area contributed by atoms with E-state index in [1.165, 1.54) is 16.8 Å². The number of benzene rings is 1. The molecule has 2 aliphatic rings. The van der Waals surface area contributed by atoms with E-state index in [0.717, 1.165) is 32.6 Å². The maximum absolute atomic E-state index is 12.9. The van der Waals surface area contributed by atoms with Gasteiger partial charge < -0.3 is 19.6 Å². The van der Waals surface area contributed by atoms with Crippen molar-refractivity contribution in [2.24, 2.45) is 5.92 Å². The minimum Gasteiger partial charge on any atom is -0.390 e. The van der Waals surface area contributed by atoms with Gasteiger partial charge in [-0.15, -0.1) is 0 Å². The SMILES string of the molecule is CO[C@@H]1C[C@H](C(=O)N2CCN(c3cc(C)ccc3C)CC2)CC[C@@H]1O. The lowest BCUT2D eigenvalue weighted by Crippen LogP contribution is -2.52. The topological polar surface area (TPSA) is 53.0 Å². The Morgan fingerprint density at radius 1 is 1.16 bits per heavy atom. The van der Waals surface area contributed by atoms with Gasteiger partial charge in [-0.1, -0.05) is 12.1 Å². The highest BCUT2D eigenvalue weighted by Crippen LogP contribution is 2.29. The van der Waals surface area contributed by atoms with Crippen molar-refractivity contribution in [1.82, 2.24) is 4.90 Å².